The molecule has 2 aromatic rings. The summed E-state index contributed by atoms with van der Waals surface area (Å²) in [4.78, 5) is 12.4. The minimum Gasteiger partial charge on any atom is -0.495 e. The zero-order valence-corrected chi connectivity index (χ0v) is 13.2. The maximum Gasteiger partial charge on any atom is 0.256 e. The lowest BCUT2D eigenvalue weighted by Gasteiger charge is -2.12. The van der Waals surface area contributed by atoms with Crippen LogP contribution in [0.1, 0.15) is 21.5 Å². The van der Waals surface area contributed by atoms with Crippen LogP contribution in [0.2, 0.25) is 0 Å². The number of nitriles is 1. The molecule has 0 spiro atoms. The van der Waals surface area contributed by atoms with Gasteiger partial charge in [0.05, 0.1) is 24.4 Å². The van der Waals surface area contributed by atoms with Gasteiger partial charge in [0, 0.05) is 16.1 Å². The van der Waals surface area contributed by atoms with E-state index in [9.17, 15) is 4.79 Å². The predicted octanol–water partition coefficient (Wildman–Crippen LogP) is 3.89. The first kappa shape index (κ1) is 15.1. The molecule has 0 unspecified atom stereocenters. The number of amides is 1. The molecule has 2 aromatic carbocycles. The molecule has 2 rings (SSSR count). The smallest absolute Gasteiger partial charge is 0.256 e. The Kier molecular flexibility index (Phi) is 4.61. The van der Waals surface area contributed by atoms with Gasteiger partial charge in [0.25, 0.3) is 5.91 Å². The van der Waals surface area contributed by atoms with E-state index in [2.05, 4.69) is 21.2 Å². The van der Waals surface area contributed by atoms with Gasteiger partial charge in [0.15, 0.2) is 0 Å². The average molecular weight is 345 g/mol. The number of methoxy groups -OCH3 is 1. The molecule has 0 saturated carbocycles. The van der Waals surface area contributed by atoms with Crippen LogP contribution in [0.3, 0.4) is 0 Å². The molecule has 0 aromatic heterocycles. The molecule has 0 bridgehead atoms. The molecule has 1 N–H and O–H groups in total. The van der Waals surface area contributed by atoms with Crippen molar-refractivity contribution < 1.29 is 9.53 Å². The molecule has 21 heavy (non-hydrogen) atoms. The average Bonchev–Trinajstić information content (AvgIpc) is 2.49. The van der Waals surface area contributed by atoms with Crippen LogP contribution in [-0.4, -0.2) is 13.0 Å². The van der Waals surface area contributed by atoms with E-state index < -0.39 is 0 Å². The molecule has 4 nitrogen and oxygen atoms in total. The van der Waals surface area contributed by atoms with Crippen molar-refractivity contribution in [2.75, 3.05) is 12.4 Å². The number of halogens is 1. The quantitative estimate of drug-likeness (QED) is 0.918. The molecule has 0 aliphatic carbocycles. The lowest BCUT2D eigenvalue weighted by Crippen LogP contribution is -2.14. The van der Waals surface area contributed by atoms with Gasteiger partial charge in [-0.1, -0.05) is 22.0 Å². The predicted molar refractivity (Wildman–Crippen MR) is 84.5 cm³/mol. The summed E-state index contributed by atoms with van der Waals surface area (Å²) in [5.41, 5.74) is 2.46. The van der Waals surface area contributed by atoms with Crippen LogP contribution in [0, 0.1) is 18.3 Å². The summed E-state index contributed by atoms with van der Waals surface area (Å²) in [6, 6.07) is 12.4. The molecule has 5 heteroatoms. The number of hydrogen-bond acceptors (Lipinski definition) is 3. The standard InChI is InChI=1S/C16H13BrN2O2/c1-10-3-5-12(17)8-13(10)16(20)19-14-6-4-11(9-18)7-15(14)21-2/h3-8H,1-2H3,(H,19,20). The molecule has 0 saturated heterocycles. The van der Waals surface area contributed by atoms with Crippen molar-refractivity contribution >= 4 is 27.5 Å². The van der Waals surface area contributed by atoms with Gasteiger partial charge in [-0.05, 0) is 36.8 Å². The van der Waals surface area contributed by atoms with E-state index in [-0.39, 0.29) is 5.91 Å². The highest BCUT2D eigenvalue weighted by Crippen LogP contribution is 2.26. The Bertz CT molecular complexity index is 736. The Morgan fingerprint density at radius 2 is 2.05 bits per heavy atom. The maximum absolute atomic E-state index is 12.4. The minimum absolute atomic E-state index is 0.225. The number of carbonyl (C=O) groups excluding carboxylic acids is 1. The highest BCUT2D eigenvalue weighted by molar-refractivity contribution is 9.10. The number of anilines is 1. The molecule has 0 radical (unpaired) electrons. The lowest BCUT2D eigenvalue weighted by molar-refractivity contribution is 0.102. The van der Waals surface area contributed by atoms with Gasteiger partial charge in [-0.3, -0.25) is 4.79 Å². The van der Waals surface area contributed by atoms with Crippen LogP contribution in [0.4, 0.5) is 5.69 Å². The molecular weight excluding hydrogens is 332 g/mol. The van der Waals surface area contributed by atoms with Gasteiger partial charge in [0.1, 0.15) is 5.75 Å². The second-order valence-corrected chi connectivity index (χ2v) is 5.36. The normalized spacial score (nSPS) is 9.81. The van der Waals surface area contributed by atoms with Gasteiger partial charge >= 0.3 is 0 Å². The van der Waals surface area contributed by atoms with Crippen LogP contribution in [0.5, 0.6) is 5.75 Å². The van der Waals surface area contributed by atoms with Crippen LogP contribution in [0.25, 0.3) is 0 Å². The Labute approximate surface area is 131 Å². The Morgan fingerprint density at radius 3 is 2.71 bits per heavy atom. The second kappa shape index (κ2) is 6.42. The van der Waals surface area contributed by atoms with Crippen LogP contribution in [-0.2, 0) is 0 Å². The third kappa shape index (κ3) is 3.41. The second-order valence-electron chi connectivity index (χ2n) is 4.44. The summed E-state index contributed by atoms with van der Waals surface area (Å²) >= 11 is 3.36. The zero-order valence-electron chi connectivity index (χ0n) is 11.6. The topological polar surface area (TPSA) is 62.1 Å². The molecule has 1 amide bonds. The zero-order chi connectivity index (χ0) is 15.4. The fourth-order valence-electron chi connectivity index (χ4n) is 1.89. The van der Waals surface area contributed by atoms with E-state index in [0.717, 1.165) is 10.0 Å². The van der Waals surface area contributed by atoms with Crippen molar-refractivity contribution in [2.45, 2.75) is 6.92 Å². The first-order valence-electron chi connectivity index (χ1n) is 6.21. The Hall–Kier alpha value is -2.32. The van der Waals surface area contributed by atoms with Crippen molar-refractivity contribution in [1.82, 2.24) is 0 Å². The third-order valence-electron chi connectivity index (χ3n) is 3.02. The minimum atomic E-state index is -0.225. The largest absolute Gasteiger partial charge is 0.495 e. The summed E-state index contributed by atoms with van der Waals surface area (Å²) < 4.78 is 6.04. The molecular formula is C16H13BrN2O2. The number of ether oxygens (including phenoxy) is 1. The molecule has 0 atom stereocenters. The maximum atomic E-state index is 12.4. The van der Waals surface area contributed by atoms with Crippen LogP contribution >= 0.6 is 15.9 Å². The number of nitrogens with one attached hydrogen (secondary N) is 1. The van der Waals surface area contributed by atoms with E-state index in [4.69, 9.17) is 10.00 Å². The first-order chi connectivity index (χ1) is 10.0. The van der Waals surface area contributed by atoms with E-state index in [1.54, 1.807) is 24.3 Å². The van der Waals surface area contributed by atoms with Crippen LogP contribution in [0.15, 0.2) is 40.9 Å². The SMILES string of the molecule is COc1cc(C#N)ccc1NC(=O)c1cc(Br)ccc1C. The lowest BCUT2D eigenvalue weighted by atomic mass is 10.1. The summed E-state index contributed by atoms with van der Waals surface area (Å²) in [5, 5.41) is 11.7. The van der Waals surface area contributed by atoms with Gasteiger partial charge in [0.2, 0.25) is 0 Å². The first-order valence-corrected chi connectivity index (χ1v) is 7.00. The highest BCUT2D eigenvalue weighted by Gasteiger charge is 2.13. The number of benzene rings is 2. The van der Waals surface area contributed by atoms with Crippen molar-refractivity contribution in [2.24, 2.45) is 0 Å². The number of nitrogens with zero attached hydrogens (tertiary/aromatic N) is 1. The Balaban J connectivity index is 2.32. The number of hydrogen-bond donors (Lipinski definition) is 1. The van der Waals surface area contributed by atoms with Gasteiger partial charge in [-0.15, -0.1) is 0 Å². The van der Waals surface area contributed by atoms with Gasteiger partial charge in [-0.2, -0.15) is 5.26 Å². The number of aryl methyl sites for hydroxylation is 1. The van der Waals surface area contributed by atoms with Crippen molar-refractivity contribution in [1.29, 1.82) is 5.26 Å². The summed E-state index contributed by atoms with van der Waals surface area (Å²) in [5.74, 6) is 0.229. The van der Waals surface area contributed by atoms with Gasteiger partial charge in [-0.25, -0.2) is 0 Å². The summed E-state index contributed by atoms with van der Waals surface area (Å²) in [7, 11) is 1.50. The monoisotopic (exact) mass is 344 g/mol. The van der Waals surface area contributed by atoms with E-state index >= 15 is 0 Å². The summed E-state index contributed by atoms with van der Waals surface area (Å²) in [6.45, 7) is 1.87. The summed E-state index contributed by atoms with van der Waals surface area (Å²) in [6.07, 6.45) is 0. The van der Waals surface area contributed by atoms with Crippen molar-refractivity contribution in [3.05, 3.63) is 57.6 Å². The number of rotatable bonds is 3. The van der Waals surface area contributed by atoms with Crippen LogP contribution < -0.4 is 10.1 Å². The molecule has 0 aliphatic rings. The number of carbonyl (C=O) groups is 1. The molecule has 0 aliphatic heterocycles. The van der Waals surface area contributed by atoms with Gasteiger partial charge < -0.3 is 10.1 Å². The van der Waals surface area contributed by atoms with E-state index in [1.807, 2.05) is 25.1 Å². The van der Waals surface area contributed by atoms with Crippen molar-refractivity contribution in [3.63, 3.8) is 0 Å². The van der Waals surface area contributed by atoms with E-state index in [1.165, 1.54) is 7.11 Å². The molecule has 0 heterocycles. The fraction of sp³-hybridized carbons (Fsp3) is 0.125. The third-order valence-corrected chi connectivity index (χ3v) is 3.52. The Morgan fingerprint density at radius 1 is 1.29 bits per heavy atom. The van der Waals surface area contributed by atoms with Crippen molar-refractivity contribution in [3.8, 4) is 11.8 Å². The fourth-order valence-corrected chi connectivity index (χ4v) is 2.25. The van der Waals surface area contributed by atoms with E-state index in [0.29, 0.717) is 22.6 Å². The molecule has 106 valence electrons. The molecule has 0 fully saturated rings. The highest BCUT2D eigenvalue weighted by atomic mass is 79.9.